The van der Waals surface area contributed by atoms with E-state index in [4.69, 9.17) is 0 Å². The summed E-state index contributed by atoms with van der Waals surface area (Å²) >= 11 is 0. The van der Waals surface area contributed by atoms with Gasteiger partial charge in [-0.15, -0.1) is 0 Å². The number of sulfonamides is 1. The molecule has 0 fully saturated rings. The van der Waals surface area contributed by atoms with Gasteiger partial charge in [-0.1, -0.05) is 80.4 Å². The Hall–Kier alpha value is -3.65. The number of carbonyl (C=O) groups is 2. The molecule has 0 bridgehead atoms. The van der Waals surface area contributed by atoms with Crippen LogP contribution in [-0.2, 0) is 26.2 Å². The number of carbonyl (C=O) groups excluding carboxylic acids is 2. The second-order valence-corrected chi connectivity index (χ2v) is 12.0. The Balaban J connectivity index is 2.06. The van der Waals surface area contributed by atoms with Gasteiger partial charge in [-0.05, 0) is 68.5 Å². The van der Waals surface area contributed by atoms with E-state index in [2.05, 4.69) is 5.32 Å². The van der Waals surface area contributed by atoms with E-state index < -0.39 is 28.5 Å². The van der Waals surface area contributed by atoms with Gasteiger partial charge >= 0.3 is 0 Å². The number of nitrogens with one attached hydrogen (secondary N) is 1. The van der Waals surface area contributed by atoms with Crippen molar-refractivity contribution >= 4 is 27.5 Å². The van der Waals surface area contributed by atoms with E-state index in [0.29, 0.717) is 18.7 Å². The lowest BCUT2D eigenvalue weighted by Gasteiger charge is -2.34. The maximum atomic E-state index is 14.2. The average molecular weight is 564 g/mol. The van der Waals surface area contributed by atoms with Crippen LogP contribution in [0.4, 0.5) is 5.69 Å². The highest BCUT2D eigenvalue weighted by Crippen LogP contribution is 2.28. The zero-order chi connectivity index (χ0) is 29.3. The Morgan fingerprint density at radius 1 is 0.850 bits per heavy atom. The number of para-hydroxylation sites is 1. The first-order valence-corrected chi connectivity index (χ1v) is 15.3. The maximum Gasteiger partial charge on any atom is 0.264 e. The first-order valence-electron chi connectivity index (χ1n) is 13.9. The first kappa shape index (κ1) is 30.9. The predicted molar refractivity (Wildman–Crippen MR) is 161 cm³/mol. The zero-order valence-corrected chi connectivity index (χ0v) is 25.0. The molecular weight excluding hydrogens is 522 g/mol. The molecule has 0 saturated carbocycles. The first-order chi connectivity index (χ1) is 19.1. The molecule has 0 spiro atoms. The lowest BCUT2D eigenvalue weighted by atomic mass is 10.1. The quantitative estimate of drug-likeness (QED) is 0.277. The number of nitrogens with zero attached hydrogens (tertiary/aromatic N) is 2. The summed E-state index contributed by atoms with van der Waals surface area (Å²) in [4.78, 5) is 29.1. The topological polar surface area (TPSA) is 86.8 Å². The molecule has 0 aliphatic heterocycles. The molecule has 1 N–H and O–H groups in total. The number of hydrogen-bond donors (Lipinski definition) is 1. The molecule has 0 aliphatic carbocycles. The highest BCUT2D eigenvalue weighted by molar-refractivity contribution is 7.92. The number of amides is 2. The van der Waals surface area contributed by atoms with E-state index in [9.17, 15) is 18.0 Å². The number of aryl methyl sites for hydroxylation is 3. The van der Waals surface area contributed by atoms with Gasteiger partial charge in [0, 0.05) is 13.1 Å². The highest BCUT2D eigenvalue weighted by atomic mass is 32.2. The van der Waals surface area contributed by atoms with Crippen molar-refractivity contribution < 1.29 is 18.0 Å². The summed E-state index contributed by atoms with van der Waals surface area (Å²) in [6, 6.07) is 20.7. The van der Waals surface area contributed by atoms with Crippen LogP contribution < -0.4 is 9.62 Å². The molecule has 0 saturated heterocycles. The van der Waals surface area contributed by atoms with Gasteiger partial charge in [-0.2, -0.15) is 0 Å². The van der Waals surface area contributed by atoms with Crippen LogP contribution in [0.15, 0.2) is 77.7 Å². The molecule has 214 valence electrons. The SMILES string of the molecule is CCCCNC(=O)C(CC)N(Cc1ccccc1C)C(=O)CN(c1ccccc1C)S(=O)(=O)c1ccc(C)cc1. The van der Waals surface area contributed by atoms with Gasteiger partial charge in [0.2, 0.25) is 11.8 Å². The van der Waals surface area contributed by atoms with Crippen LogP contribution in [0.25, 0.3) is 0 Å². The Labute approximate surface area is 239 Å². The molecule has 7 nitrogen and oxygen atoms in total. The van der Waals surface area contributed by atoms with Crippen molar-refractivity contribution in [1.29, 1.82) is 0 Å². The van der Waals surface area contributed by atoms with Crippen molar-refractivity contribution in [2.75, 3.05) is 17.4 Å². The normalized spacial score (nSPS) is 12.0. The van der Waals surface area contributed by atoms with Crippen LogP contribution in [0, 0.1) is 20.8 Å². The van der Waals surface area contributed by atoms with E-state index in [1.54, 1.807) is 36.4 Å². The van der Waals surface area contributed by atoms with Crippen LogP contribution in [-0.4, -0.2) is 44.3 Å². The number of rotatable bonds is 13. The third kappa shape index (κ3) is 7.50. The Morgan fingerprint density at radius 3 is 2.08 bits per heavy atom. The Kier molecular flexibility index (Phi) is 10.9. The summed E-state index contributed by atoms with van der Waals surface area (Å²) in [5, 5.41) is 2.96. The van der Waals surface area contributed by atoms with Crippen molar-refractivity contribution in [1.82, 2.24) is 10.2 Å². The van der Waals surface area contributed by atoms with Crippen LogP contribution in [0.5, 0.6) is 0 Å². The minimum absolute atomic E-state index is 0.101. The maximum absolute atomic E-state index is 14.2. The molecule has 3 aromatic rings. The molecule has 1 unspecified atom stereocenters. The summed E-state index contributed by atoms with van der Waals surface area (Å²) < 4.78 is 29.1. The van der Waals surface area contributed by atoms with Crippen molar-refractivity contribution in [2.45, 2.75) is 71.4 Å². The van der Waals surface area contributed by atoms with Crippen LogP contribution in [0.3, 0.4) is 0 Å². The standard InChI is InChI=1S/C32H41N3O4S/c1-6-8-21-33-32(37)29(7-2)34(22-27-15-11-9-13-25(27)4)31(36)23-35(30-16-12-10-14-26(30)5)40(38,39)28-19-17-24(3)18-20-28/h9-20,29H,6-8,21-23H2,1-5H3,(H,33,37). The molecule has 0 aromatic heterocycles. The Bertz CT molecular complexity index is 1400. The van der Waals surface area contributed by atoms with Crippen LogP contribution in [0.1, 0.15) is 55.4 Å². The number of unbranched alkanes of at least 4 members (excludes halogenated alkanes) is 1. The third-order valence-electron chi connectivity index (χ3n) is 7.09. The minimum Gasteiger partial charge on any atom is -0.354 e. The molecule has 2 amide bonds. The fraction of sp³-hybridized carbons (Fsp3) is 0.375. The van der Waals surface area contributed by atoms with E-state index >= 15 is 0 Å². The van der Waals surface area contributed by atoms with Gasteiger partial charge in [-0.3, -0.25) is 13.9 Å². The lowest BCUT2D eigenvalue weighted by Crippen LogP contribution is -2.52. The summed E-state index contributed by atoms with van der Waals surface area (Å²) in [5.41, 5.74) is 3.97. The van der Waals surface area contributed by atoms with Crippen LogP contribution >= 0.6 is 0 Å². The second kappa shape index (κ2) is 14.1. The molecule has 8 heteroatoms. The van der Waals surface area contributed by atoms with E-state index in [1.165, 1.54) is 9.21 Å². The van der Waals surface area contributed by atoms with Crippen molar-refractivity contribution in [3.63, 3.8) is 0 Å². The molecule has 3 rings (SSSR count). The number of anilines is 1. The van der Waals surface area contributed by atoms with Gasteiger partial charge in [-0.25, -0.2) is 8.42 Å². The van der Waals surface area contributed by atoms with Gasteiger partial charge in [0.05, 0.1) is 10.6 Å². The van der Waals surface area contributed by atoms with Gasteiger partial charge < -0.3 is 10.2 Å². The summed E-state index contributed by atoms with van der Waals surface area (Å²) in [6.07, 6.45) is 2.17. The average Bonchev–Trinajstić information content (AvgIpc) is 2.93. The van der Waals surface area contributed by atoms with Crippen molar-refractivity contribution in [3.05, 3.63) is 95.1 Å². The fourth-order valence-electron chi connectivity index (χ4n) is 4.59. The van der Waals surface area contributed by atoms with Crippen molar-refractivity contribution in [2.24, 2.45) is 0 Å². The van der Waals surface area contributed by atoms with Gasteiger partial charge in [0.1, 0.15) is 12.6 Å². The fourth-order valence-corrected chi connectivity index (χ4v) is 6.07. The van der Waals surface area contributed by atoms with Crippen LogP contribution in [0.2, 0.25) is 0 Å². The highest BCUT2D eigenvalue weighted by Gasteiger charge is 2.34. The summed E-state index contributed by atoms with van der Waals surface area (Å²) in [7, 11) is -4.09. The second-order valence-electron chi connectivity index (χ2n) is 10.1. The largest absolute Gasteiger partial charge is 0.354 e. The smallest absolute Gasteiger partial charge is 0.264 e. The molecule has 3 aromatic carbocycles. The number of hydrogen-bond acceptors (Lipinski definition) is 4. The molecule has 0 radical (unpaired) electrons. The zero-order valence-electron chi connectivity index (χ0n) is 24.2. The van der Waals surface area contributed by atoms with E-state index in [-0.39, 0.29) is 17.3 Å². The summed E-state index contributed by atoms with van der Waals surface area (Å²) in [5.74, 6) is -0.679. The van der Waals surface area contributed by atoms with E-state index in [1.807, 2.05) is 71.0 Å². The molecule has 0 aliphatic rings. The third-order valence-corrected chi connectivity index (χ3v) is 8.86. The molecule has 40 heavy (non-hydrogen) atoms. The van der Waals surface area contributed by atoms with E-state index in [0.717, 1.165) is 35.1 Å². The van der Waals surface area contributed by atoms with Crippen molar-refractivity contribution in [3.8, 4) is 0 Å². The van der Waals surface area contributed by atoms with Gasteiger partial charge in [0.15, 0.2) is 0 Å². The molecular formula is C32H41N3O4S. The summed E-state index contributed by atoms with van der Waals surface area (Å²) in [6.45, 7) is 9.86. The predicted octanol–water partition coefficient (Wildman–Crippen LogP) is 5.53. The lowest BCUT2D eigenvalue weighted by molar-refractivity contribution is -0.140. The molecule has 1 atom stereocenters. The Morgan fingerprint density at radius 2 is 1.48 bits per heavy atom. The number of benzene rings is 3. The minimum atomic E-state index is -4.09. The molecule has 0 heterocycles. The monoisotopic (exact) mass is 563 g/mol. The van der Waals surface area contributed by atoms with Gasteiger partial charge in [0.25, 0.3) is 10.0 Å².